The van der Waals surface area contributed by atoms with Gasteiger partial charge >= 0.3 is 0 Å². The Labute approximate surface area is 120 Å². The van der Waals surface area contributed by atoms with Crippen molar-refractivity contribution >= 4 is 28.9 Å². The van der Waals surface area contributed by atoms with E-state index in [1.165, 1.54) is 22.3 Å². The van der Waals surface area contributed by atoms with Crippen LogP contribution < -0.4 is 10.3 Å². The van der Waals surface area contributed by atoms with E-state index in [0.717, 1.165) is 5.69 Å². The molecule has 1 aliphatic rings. The van der Waals surface area contributed by atoms with Crippen LogP contribution in [-0.4, -0.2) is 37.5 Å². The molecule has 1 aromatic carbocycles. The first-order valence-corrected chi connectivity index (χ1v) is 6.41. The third-order valence-corrected chi connectivity index (χ3v) is 3.20. The average Bonchev–Trinajstić information content (AvgIpc) is 3.09. The van der Waals surface area contributed by atoms with Crippen molar-refractivity contribution < 1.29 is 4.79 Å². The zero-order chi connectivity index (χ0) is 13.9. The van der Waals surface area contributed by atoms with Gasteiger partial charge in [-0.2, -0.15) is 5.10 Å². The monoisotopic (exact) mass is 288 g/mol. The second kappa shape index (κ2) is 5.25. The third kappa shape index (κ3) is 2.45. The van der Waals surface area contributed by atoms with Crippen molar-refractivity contribution in [2.45, 2.75) is 6.54 Å². The minimum absolute atomic E-state index is 0.123. The number of amides is 1. The number of rotatable bonds is 3. The van der Waals surface area contributed by atoms with Crippen molar-refractivity contribution in [3.8, 4) is 0 Å². The largest absolute Gasteiger partial charge is 0.297 e. The predicted octanol–water partition coefficient (Wildman–Crippen LogP) is 0.374. The molecule has 0 unspecified atom stereocenters. The number of carbonyl (C=O) groups excluding carboxylic acids is 1. The fraction of sp³-hybridized carbons (Fsp3) is 0.167. The van der Waals surface area contributed by atoms with Gasteiger partial charge in [0.15, 0.2) is 5.11 Å². The first-order valence-electron chi connectivity index (χ1n) is 6.00. The Bertz CT molecular complexity index is 614. The molecular formula is C12H12N6OS. The molecule has 0 bridgehead atoms. The quantitative estimate of drug-likeness (QED) is 0.823. The first kappa shape index (κ1) is 12.5. The van der Waals surface area contributed by atoms with Crippen molar-refractivity contribution in [3.63, 3.8) is 0 Å². The molecule has 1 amide bonds. The van der Waals surface area contributed by atoms with Crippen LogP contribution in [0.2, 0.25) is 0 Å². The second-order valence-corrected chi connectivity index (χ2v) is 4.62. The normalized spacial score (nSPS) is 14.5. The fourth-order valence-electron chi connectivity index (χ4n) is 1.90. The van der Waals surface area contributed by atoms with Gasteiger partial charge in [-0.25, -0.2) is 14.7 Å². The first-order chi connectivity index (χ1) is 9.74. The maximum atomic E-state index is 12.1. The van der Waals surface area contributed by atoms with E-state index < -0.39 is 0 Å². The van der Waals surface area contributed by atoms with Crippen LogP contribution in [0.4, 0.5) is 5.69 Å². The summed E-state index contributed by atoms with van der Waals surface area (Å²) in [7, 11) is 0. The number of nitrogens with zero attached hydrogens (tertiary/aromatic N) is 5. The van der Waals surface area contributed by atoms with Gasteiger partial charge in [-0.3, -0.25) is 15.1 Å². The molecule has 2 heterocycles. The number of benzene rings is 1. The molecule has 8 heteroatoms. The molecule has 1 aromatic heterocycles. The third-order valence-electron chi connectivity index (χ3n) is 2.89. The number of nitrogens with one attached hydrogen (secondary N) is 1. The maximum absolute atomic E-state index is 12.1. The standard InChI is InChI=1S/C12H12N6OS/c19-11(6-16-8-13-7-14-16)18-9-17(12(20)15-18)10-4-2-1-3-5-10/h1-5,7-8H,6,9H2,(H,15,20). The lowest BCUT2D eigenvalue weighted by Crippen LogP contribution is -2.40. The van der Waals surface area contributed by atoms with Crippen molar-refractivity contribution in [1.82, 2.24) is 25.2 Å². The lowest BCUT2D eigenvalue weighted by Gasteiger charge is -2.16. The number of carbonyl (C=O) groups is 1. The Kier molecular flexibility index (Phi) is 3.30. The van der Waals surface area contributed by atoms with Gasteiger partial charge in [0.25, 0.3) is 5.91 Å². The number of aromatic nitrogens is 3. The zero-order valence-corrected chi connectivity index (χ0v) is 11.3. The van der Waals surface area contributed by atoms with Crippen LogP contribution in [0.25, 0.3) is 0 Å². The number of para-hydroxylation sites is 1. The SMILES string of the molecule is O=C(Cn1cncn1)N1CN(c2ccccc2)C(=S)N1. The van der Waals surface area contributed by atoms with Gasteiger partial charge in [0.05, 0.1) is 0 Å². The molecule has 102 valence electrons. The van der Waals surface area contributed by atoms with E-state index in [2.05, 4.69) is 15.5 Å². The molecular weight excluding hydrogens is 276 g/mol. The van der Waals surface area contributed by atoms with Crippen LogP contribution in [0.1, 0.15) is 0 Å². The summed E-state index contributed by atoms with van der Waals surface area (Å²) < 4.78 is 1.47. The van der Waals surface area contributed by atoms with Crippen LogP contribution in [0.3, 0.4) is 0 Å². The van der Waals surface area contributed by atoms with Gasteiger partial charge in [0, 0.05) is 5.69 Å². The van der Waals surface area contributed by atoms with E-state index >= 15 is 0 Å². The minimum atomic E-state index is -0.128. The highest BCUT2D eigenvalue weighted by Gasteiger charge is 2.28. The molecule has 3 rings (SSSR count). The highest BCUT2D eigenvalue weighted by molar-refractivity contribution is 7.80. The number of hydrogen-bond acceptors (Lipinski definition) is 4. The van der Waals surface area contributed by atoms with Crippen LogP contribution in [-0.2, 0) is 11.3 Å². The fourth-order valence-corrected chi connectivity index (χ4v) is 2.18. The Morgan fingerprint density at radius 1 is 1.35 bits per heavy atom. The Morgan fingerprint density at radius 2 is 2.15 bits per heavy atom. The Morgan fingerprint density at radius 3 is 2.85 bits per heavy atom. The van der Waals surface area contributed by atoms with Gasteiger partial charge in [0.2, 0.25) is 0 Å². The number of hydrazine groups is 1. The Balaban J connectivity index is 1.69. The lowest BCUT2D eigenvalue weighted by molar-refractivity contribution is -0.133. The van der Waals surface area contributed by atoms with Crippen molar-refractivity contribution in [3.05, 3.63) is 43.0 Å². The minimum Gasteiger partial charge on any atom is -0.297 e. The van der Waals surface area contributed by atoms with E-state index in [1.54, 1.807) is 0 Å². The van der Waals surface area contributed by atoms with Gasteiger partial charge in [-0.05, 0) is 24.4 Å². The summed E-state index contributed by atoms with van der Waals surface area (Å²) in [5.41, 5.74) is 3.84. The maximum Gasteiger partial charge on any atom is 0.264 e. The summed E-state index contributed by atoms with van der Waals surface area (Å²) in [6, 6.07) is 9.68. The van der Waals surface area contributed by atoms with Gasteiger partial charge in [-0.1, -0.05) is 18.2 Å². The molecule has 20 heavy (non-hydrogen) atoms. The van der Waals surface area contributed by atoms with Crippen molar-refractivity contribution in [2.75, 3.05) is 11.6 Å². The summed E-state index contributed by atoms with van der Waals surface area (Å²) in [4.78, 5) is 17.8. The smallest absolute Gasteiger partial charge is 0.264 e. The van der Waals surface area contributed by atoms with E-state index in [0.29, 0.717) is 11.8 Å². The highest BCUT2D eigenvalue weighted by Crippen LogP contribution is 2.17. The molecule has 1 N–H and O–H groups in total. The number of hydrogen-bond donors (Lipinski definition) is 1. The summed E-state index contributed by atoms with van der Waals surface area (Å²) in [5.74, 6) is -0.128. The molecule has 2 aromatic rings. The van der Waals surface area contributed by atoms with Crippen molar-refractivity contribution in [1.29, 1.82) is 0 Å². The van der Waals surface area contributed by atoms with Crippen LogP contribution in [0.15, 0.2) is 43.0 Å². The van der Waals surface area contributed by atoms with Crippen LogP contribution in [0.5, 0.6) is 0 Å². The van der Waals surface area contributed by atoms with Crippen LogP contribution >= 0.6 is 12.2 Å². The summed E-state index contributed by atoms with van der Waals surface area (Å²) >= 11 is 5.25. The Hall–Kier alpha value is -2.48. The molecule has 1 aliphatic heterocycles. The van der Waals surface area contributed by atoms with E-state index in [-0.39, 0.29) is 12.5 Å². The van der Waals surface area contributed by atoms with Gasteiger partial charge in [-0.15, -0.1) is 0 Å². The molecule has 0 atom stereocenters. The van der Waals surface area contributed by atoms with E-state index in [9.17, 15) is 4.79 Å². The number of thiocarbonyl (C=S) groups is 1. The predicted molar refractivity (Wildman–Crippen MR) is 76.4 cm³/mol. The highest BCUT2D eigenvalue weighted by atomic mass is 32.1. The number of anilines is 1. The second-order valence-electron chi connectivity index (χ2n) is 4.24. The summed E-state index contributed by atoms with van der Waals surface area (Å²) in [5, 5.41) is 5.88. The summed E-state index contributed by atoms with van der Waals surface area (Å²) in [6.07, 6.45) is 2.90. The van der Waals surface area contributed by atoms with E-state index in [1.807, 2.05) is 35.2 Å². The molecule has 0 radical (unpaired) electrons. The molecule has 7 nitrogen and oxygen atoms in total. The zero-order valence-electron chi connectivity index (χ0n) is 10.5. The molecule has 1 saturated heterocycles. The topological polar surface area (TPSA) is 66.3 Å². The van der Waals surface area contributed by atoms with Gasteiger partial charge < -0.3 is 0 Å². The molecule has 0 aliphatic carbocycles. The van der Waals surface area contributed by atoms with E-state index in [4.69, 9.17) is 12.2 Å². The molecule has 0 spiro atoms. The van der Waals surface area contributed by atoms with Crippen molar-refractivity contribution in [2.24, 2.45) is 0 Å². The average molecular weight is 288 g/mol. The molecule has 1 fully saturated rings. The molecule has 0 saturated carbocycles. The van der Waals surface area contributed by atoms with Crippen LogP contribution in [0, 0.1) is 0 Å². The summed E-state index contributed by atoms with van der Waals surface area (Å²) in [6.45, 7) is 0.495. The lowest BCUT2D eigenvalue weighted by atomic mass is 10.3. The van der Waals surface area contributed by atoms with Gasteiger partial charge in [0.1, 0.15) is 25.9 Å².